The van der Waals surface area contributed by atoms with Gasteiger partial charge in [-0.1, -0.05) is 13.8 Å². The van der Waals surface area contributed by atoms with Gasteiger partial charge in [-0.25, -0.2) is 9.97 Å². The summed E-state index contributed by atoms with van der Waals surface area (Å²) in [4.78, 5) is 22.2. The van der Waals surface area contributed by atoms with Gasteiger partial charge >= 0.3 is 0 Å². The molecule has 0 bridgehead atoms. The Kier molecular flexibility index (Phi) is 2.53. The van der Waals surface area contributed by atoms with Gasteiger partial charge in [-0.3, -0.25) is 4.79 Å². The van der Waals surface area contributed by atoms with Crippen LogP contribution in [-0.4, -0.2) is 19.5 Å². The van der Waals surface area contributed by atoms with Crippen molar-refractivity contribution in [2.75, 3.05) is 0 Å². The van der Waals surface area contributed by atoms with Gasteiger partial charge in [-0.15, -0.1) is 0 Å². The third kappa shape index (κ3) is 1.54. The summed E-state index contributed by atoms with van der Waals surface area (Å²) >= 11 is 0. The lowest BCUT2D eigenvalue weighted by atomic mass is 10.2. The predicted molar refractivity (Wildman–Crippen MR) is 57.8 cm³/mol. The Bertz CT molecular complexity index is 509. The van der Waals surface area contributed by atoms with Crippen molar-refractivity contribution in [2.24, 2.45) is 0 Å². The summed E-state index contributed by atoms with van der Waals surface area (Å²) in [5.74, 6) is 0. The quantitative estimate of drug-likeness (QED) is 0.827. The van der Waals surface area contributed by atoms with Crippen molar-refractivity contribution in [1.29, 1.82) is 0 Å². The largest absolute Gasteiger partial charge is 0.312 e. The molecule has 0 saturated carbocycles. The Morgan fingerprint density at radius 3 is 2.80 bits per heavy atom. The highest BCUT2D eigenvalue weighted by Gasteiger charge is 2.12. The van der Waals surface area contributed by atoms with E-state index < -0.39 is 0 Å². The van der Waals surface area contributed by atoms with Crippen molar-refractivity contribution in [3.05, 3.63) is 23.0 Å². The van der Waals surface area contributed by atoms with E-state index in [2.05, 4.69) is 28.8 Å². The molecular formula is C10H14N4O. The summed E-state index contributed by atoms with van der Waals surface area (Å²) in [5.41, 5.74) is 0.918. The van der Waals surface area contributed by atoms with Crippen LogP contribution < -0.4 is 5.56 Å². The average Bonchev–Trinajstić information content (AvgIpc) is 2.66. The Labute approximate surface area is 87.2 Å². The summed E-state index contributed by atoms with van der Waals surface area (Å²) < 4.78 is 1.98. The third-order valence-electron chi connectivity index (χ3n) is 2.70. The number of imidazole rings is 1. The molecule has 0 fully saturated rings. The van der Waals surface area contributed by atoms with Gasteiger partial charge < -0.3 is 9.55 Å². The Hall–Kier alpha value is -1.65. The first-order valence-electron chi connectivity index (χ1n) is 5.18. The molecule has 2 rings (SSSR count). The van der Waals surface area contributed by atoms with E-state index in [1.807, 2.05) is 4.57 Å². The summed E-state index contributed by atoms with van der Waals surface area (Å²) in [7, 11) is 0. The molecule has 0 amide bonds. The molecule has 0 atom stereocenters. The lowest BCUT2D eigenvalue weighted by molar-refractivity contribution is 0.480. The first kappa shape index (κ1) is 9.89. The smallest absolute Gasteiger partial charge is 0.278 e. The van der Waals surface area contributed by atoms with Crippen molar-refractivity contribution < 1.29 is 0 Å². The van der Waals surface area contributed by atoms with Crippen LogP contribution in [0.4, 0.5) is 0 Å². The number of hydrogen-bond donors (Lipinski definition) is 1. The molecular weight excluding hydrogens is 192 g/mol. The first-order valence-corrected chi connectivity index (χ1v) is 5.18. The van der Waals surface area contributed by atoms with Crippen LogP contribution in [0, 0.1) is 0 Å². The number of nitrogens with one attached hydrogen (secondary N) is 1. The molecule has 0 aromatic carbocycles. The van der Waals surface area contributed by atoms with E-state index in [4.69, 9.17) is 0 Å². The summed E-state index contributed by atoms with van der Waals surface area (Å²) in [6, 6.07) is 0.365. The van der Waals surface area contributed by atoms with Crippen molar-refractivity contribution >= 4 is 11.2 Å². The zero-order chi connectivity index (χ0) is 10.8. The molecule has 0 aliphatic rings. The summed E-state index contributed by atoms with van der Waals surface area (Å²) in [5, 5.41) is 0. The molecule has 15 heavy (non-hydrogen) atoms. The highest BCUT2D eigenvalue weighted by Crippen LogP contribution is 2.18. The van der Waals surface area contributed by atoms with Gasteiger partial charge in [0.15, 0.2) is 11.2 Å². The van der Waals surface area contributed by atoms with Gasteiger partial charge in [0.05, 0.1) is 12.7 Å². The maximum Gasteiger partial charge on any atom is 0.278 e. The second-order valence-electron chi connectivity index (χ2n) is 3.53. The van der Waals surface area contributed by atoms with Crippen LogP contribution in [0.15, 0.2) is 17.4 Å². The summed E-state index contributed by atoms with van der Waals surface area (Å²) in [6.45, 7) is 4.24. The highest BCUT2D eigenvalue weighted by molar-refractivity contribution is 5.68. The second-order valence-corrected chi connectivity index (χ2v) is 3.53. The minimum absolute atomic E-state index is 0.176. The van der Waals surface area contributed by atoms with Gasteiger partial charge in [-0.05, 0) is 12.8 Å². The maximum absolute atomic E-state index is 11.4. The van der Waals surface area contributed by atoms with Gasteiger partial charge in [0, 0.05) is 6.04 Å². The van der Waals surface area contributed by atoms with E-state index in [-0.39, 0.29) is 5.56 Å². The molecule has 0 aliphatic carbocycles. The van der Waals surface area contributed by atoms with E-state index in [9.17, 15) is 4.79 Å². The van der Waals surface area contributed by atoms with Crippen molar-refractivity contribution in [1.82, 2.24) is 19.5 Å². The number of aromatic nitrogens is 4. The van der Waals surface area contributed by atoms with Gasteiger partial charge in [-0.2, -0.15) is 0 Å². The SMILES string of the molecule is CCC(CC)n1cnc2c(=O)[nH]cnc21. The number of rotatable bonds is 3. The Balaban J connectivity index is 2.63. The van der Waals surface area contributed by atoms with Crippen molar-refractivity contribution in [3.8, 4) is 0 Å². The van der Waals surface area contributed by atoms with Crippen LogP contribution in [0.3, 0.4) is 0 Å². The minimum Gasteiger partial charge on any atom is -0.312 e. The molecule has 0 aliphatic heterocycles. The molecule has 0 unspecified atom stereocenters. The van der Waals surface area contributed by atoms with Gasteiger partial charge in [0.2, 0.25) is 0 Å². The zero-order valence-electron chi connectivity index (χ0n) is 8.90. The van der Waals surface area contributed by atoms with Crippen LogP contribution >= 0.6 is 0 Å². The van der Waals surface area contributed by atoms with E-state index in [0.717, 1.165) is 12.8 Å². The maximum atomic E-state index is 11.4. The summed E-state index contributed by atoms with van der Waals surface area (Å²) in [6.07, 6.45) is 5.14. The van der Waals surface area contributed by atoms with Crippen molar-refractivity contribution in [2.45, 2.75) is 32.7 Å². The first-order chi connectivity index (χ1) is 7.27. The van der Waals surface area contributed by atoms with E-state index in [1.165, 1.54) is 6.33 Å². The van der Waals surface area contributed by atoms with Crippen LogP contribution in [-0.2, 0) is 0 Å². The molecule has 5 nitrogen and oxygen atoms in total. The fourth-order valence-electron chi connectivity index (χ4n) is 1.81. The molecule has 1 N–H and O–H groups in total. The average molecular weight is 206 g/mol. The second kappa shape index (κ2) is 3.84. The Morgan fingerprint density at radius 2 is 2.13 bits per heavy atom. The van der Waals surface area contributed by atoms with Crippen molar-refractivity contribution in [3.63, 3.8) is 0 Å². The standard InChI is InChI=1S/C10H14N4O/c1-3-7(4-2)14-6-13-8-9(14)11-5-12-10(8)15/h5-7H,3-4H2,1-2H3,(H,11,12,15). The fourth-order valence-corrected chi connectivity index (χ4v) is 1.81. The van der Waals surface area contributed by atoms with Gasteiger partial charge in [0.25, 0.3) is 5.56 Å². The molecule has 5 heteroatoms. The molecule has 0 radical (unpaired) electrons. The van der Waals surface area contributed by atoms with Crippen LogP contribution in [0.25, 0.3) is 11.2 Å². The zero-order valence-corrected chi connectivity index (χ0v) is 8.90. The number of aromatic amines is 1. The lowest BCUT2D eigenvalue weighted by Gasteiger charge is -2.13. The van der Waals surface area contributed by atoms with Gasteiger partial charge in [0.1, 0.15) is 0 Å². The lowest BCUT2D eigenvalue weighted by Crippen LogP contribution is -2.10. The number of nitrogens with zero attached hydrogens (tertiary/aromatic N) is 3. The van der Waals surface area contributed by atoms with E-state index >= 15 is 0 Å². The Morgan fingerprint density at radius 1 is 1.40 bits per heavy atom. The molecule has 80 valence electrons. The van der Waals surface area contributed by atoms with Crippen LogP contribution in [0.2, 0.25) is 0 Å². The number of hydrogen-bond acceptors (Lipinski definition) is 3. The normalized spacial score (nSPS) is 11.4. The predicted octanol–water partition coefficient (Wildman–Crippen LogP) is 1.48. The fraction of sp³-hybridized carbons (Fsp3) is 0.500. The number of fused-ring (bicyclic) bond motifs is 1. The highest BCUT2D eigenvalue weighted by atomic mass is 16.1. The number of H-pyrrole nitrogens is 1. The van der Waals surface area contributed by atoms with Crippen LogP contribution in [0.5, 0.6) is 0 Å². The molecule has 2 aromatic heterocycles. The molecule has 0 spiro atoms. The molecule has 2 aromatic rings. The van der Waals surface area contributed by atoms with E-state index in [1.54, 1.807) is 6.33 Å². The molecule has 2 heterocycles. The monoisotopic (exact) mass is 206 g/mol. The molecule has 0 saturated heterocycles. The third-order valence-corrected chi connectivity index (χ3v) is 2.70. The van der Waals surface area contributed by atoms with Crippen LogP contribution in [0.1, 0.15) is 32.7 Å². The van der Waals surface area contributed by atoms with E-state index in [0.29, 0.717) is 17.2 Å². The topological polar surface area (TPSA) is 63.6 Å². The minimum atomic E-state index is -0.176.